The van der Waals surface area contributed by atoms with E-state index in [1.54, 1.807) is 7.11 Å². The molecule has 0 spiro atoms. The maximum Gasteiger partial charge on any atom is 0.186 e. The molecule has 1 aromatic rings. The number of nitrogens with zero attached hydrogens (tertiary/aromatic N) is 2. The second-order valence-corrected chi connectivity index (χ2v) is 4.27. The minimum absolute atomic E-state index is 0.0583. The third-order valence-electron chi connectivity index (χ3n) is 2.25. The lowest BCUT2D eigenvalue weighted by Gasteiger charge is -2.16. The van der Waals surface area contributed by atoms with Crippen LogP contribution in [0, 0.1) is 5.41 Å². The monoisotopic (exact) mass is 242 g/mol. The van der Waals surface area contributed by atoms with E-state index < -0.39 is 0 Å². The summed E-state index contributed by atoms with van der Waals surface area (Å²) in [6.45, 7) is 6.34. The zero-order valence-electron chi connectivity index (χ0n) is 9.91. The topological polar surface area (TPSA) is 75.2 Å². The quantitative estimate of drug-likeness (QED) is 0.584. The number of methoxy groups -OCH3 is 1. The molecule has 0 fully saturated rings. The Bertz CT molecular complexity index is 360. The molecule has 0 unspecified atom stereocenters. The molecular formula is C10H18N4OS. The van der Waals surface area contributed by atoms with Crippen LogP contribution < -0.4 is 10.6 Å². The number of anilines is 1. The van der Waals surface area contributed by atoms with Crippen molar-refractivity contribution in [1.82, 2.24) is 4.98 Å². The highest BCUT2D eigenvalue weighted by molar-refractivity contribution is 7.17. The van der Waals surface area contributed by atoms with Crippen LogP contribution in [-0.4, -0.2) is 31.0 Å². The summed E-state index contributed by atoms with van der Waals surface area (Å²) < 4.78 is 5.05. The number of ether oxygens (including phenoxy) is 1. The van der Waals surface area contributed by atoms with Gasteiger partial charge in [0.25, 0.3) is 0 Å². The van der Waals surface area contributed by atoms with Crippen LogP contribution in [0.3, 0.4) is 0 Å². The summed E-state index contributed by atoms with van der Waals surface area (Å²) in [6.07, 6.45) is 0. The van der Waals surface area contributed by atoms with Gasteiger partial charge < -0.3 is 15.4 Å². The zero-order chi connectivity index (χ0) is 12.1. The predicted octanol–water partition coefficient (Wildman–Crippen LogP) is 1.42. The van der Waals surface area contributed by atoms with Gasteiger partial charge in [-0.15, -0.1) is 0 Å². The second-order valence-electron chi connectivity index (χ2n) is 3.29. The molecule has 16 heavy (non-hydrogen) atoms. The van der Waals surface area contributed by atoms with Gasteiger partial charge in [-0.1, -0.05) is 11.3 Å². The van der Waals surface area contributed by atoms with Gasteiger partial charge in [0.15, 0.2) is 5.13 Å². The molecule has 90 valence electrons. The molecule has 0 aliphatic carbocycles. The van der Waals surface area contributed by atoms with E-state index >= 15 is 0 Å². The highest BCUT2D eigenvalue weighted by Gasteiger charge is 2.16. The molecule has 0 aromatic carbocycles. The number of hydrogen-bond donors (Lipinski definition) is 2. The average Bonchev–Trinajstić information content (AvgIpc) is 2.65. The fraction of sp³-hybridized carbons (Fsp3) is 0.600. The van der Waals surface area contributed by atoms with Gasteiger partial charge in [-0.25, -0.2) is 4.98 Å². The first kappa shape index (κ1) is 12.9. The van der Waals surface area contributed by atoms with Gasteiger partial charge in [-0.05, 0) is 13.8 Å². The third-order valence-corrected chi connectivity index (χ3v) is 3.44. The standard InChI is InChI=1S/C10H18N4OS/c1-4-14(5-2)10-13-7(6-15-3)8(16-10)9(11)12/h4-6H2,1-3H3,(H3,11,12). The number of hydrogen-bond acceptors (Lipinski definition) is 5. The fourth-order valence-electron chi connectivity index (χ4n) is 1.41. The molecule has 0 bridgehead atoms. The van der Waals surface area contributed by atoms with Crippen LogP contribution in [0.25, 0.3) is 0 Å². The predicted molar refractivity (Wildman–Crippen MR) is 67.4 cm³/mol. The van der Waals surface area contributed by atoms with Crippen molar-refractivity contribution in [1.29, 1.82) is 5.41 Å². The Hall–Kier alpha value is -1.14. The fourth-order valence-corrected chi connectivity index (χ4v) is 2.47. The number of nitrogens with two attached hydrogens (primary N) is 1. The summed E-state index contributed by atoms with van der Waals surface area (Å²) >= 11 is 1.45. The van der Waals surface area contributed by atoms with E-state index in [1.807, 2.05) is 0 Å². The Morgan fingerprint density at radius 1 is 1.50 bits per heavy atom. The third kappa shape index (κ3) is 2.70. The number of nitrogen functional groups attached to an aromatic ring is 1. The van der Waals surface area contributed by atoms with E-state index in [-0.39, 0.29) is 5.84 Å². The van der Waals surface area contributed by atoms with Gasteiger partial charge in [-0.3, -0.25) is 5.41 Å². The Labute approximate surface area is 99.7 Å². The van der Waals surface area contributed by atoms with E-state index in [9.17, 15) is 0 Å². The Kier molecular flexibility index (Phi) is 4.70. The average molecular weight is 242 g/mol. The van der Waals surface area contributed by atoms with Gasteiger partial charge in [0.2, 0.25) is 0 Å². The summed E-state index contributed by atoms with van der Waals surface area (Å²) in [5, 5.41) is 8.40. The molecule has 1 aromatic heterocycles. The van der Waals surface area contributed by atoms with Crippen LogP contribution in [0.2, 0.25) is 0 Å². The van der Waals surface area contributed by atoms with Gasteiger partial charge in [0.1, 0.15) is 5.84 Å². The molecule has 1 heterocycles. The minimum Gasteiger partial charge on any atom is -0.383 e. The van der Waals surface area contributed by atoms with Crippen LogP contribution in [0.4, 0.5) is 5.13 Å². The summed E-state index contributed by atoms with van der Waals surface area (Å²) in [4.78, 5) is 7.31. The first-order chi connectivity index (χ1) is 7.63. The lowest BCUT2D eigenvalue weighted by molar-refractivity contribution is 0.182. The van der Waals surface area contributed by atoms with E-state index in [0.29, 0.717) is 11.5 Å². The molecule has 0 aliphatic heterocycles. The van der Waals surface area contributed by atoms with Crippen LogP contribution in [-0.2, 0) is 11.3 Å². The van der Waals surface area contributed by atoms with Crippen molar-refractivity contribution in [3.8, 4) is 0 Å². The lowest BCUT2D eigenvalue weighted by atomic mass is 10.3. The van der Waals surface area contributed by atoms with Crippen molar-refractivity contribution in [2.75, 3.05) is 25.1 Å². The van der Waals surface area contributed by atoms with Gasteiger partial charge in [-0.2, -0.15) is 0 Å². The number of aromatic nitrogens is 1. The number of rotatable bonds is 6. The summed E-state index contributed by atoms with van der Waals surface area (Å²) in [7, 11) is 1.61. The first-order valence-corrected chi connectivity index (χ1v) is 6.03. The van der Waals surface area contributed by atoms with Gasteiger partial charge in [0, 0.05) is 20.2 Å². The van der Waals surface area contributed by atoms with Crippen LogP contribution >= 0.6 is 11.3 Å². The lowest BCUT2D eigenvalue weighted by Crippen LogP contribution is -2.21. The maximum absolute atomic E-state index is 7.50. The number of amidine groups is 1. The summed E-state index contributed by atoms with van der Waals surface area (Å²) in [5.74, 6) is 0.0583. The van der Waals surface area contributed by atoms with Crippen LogP contribution in [0.15, 0.2) is 0 Å². The number of thiazole rings is 1. The summed E-state index contributed by atoms with van der Waals surface area (Å²) in [5.41, 5.74) is 6.27. The summed E-state index contributed by atoms with van der Waals surface area (Å²) in [6, 6.07) is 0. The smallest absolute Gasteiger partial charge is 0.186 e. The molecule has 0 aliphatic rings. The SMILES string of the molecule is CCN(CC)c1nc(COC)c(C(=N)N)s1. The molecule has 6 heteroatoms. The highest BCUT2D eigenvalue weighted by Crippen LogP contribution is 2.26. The highest BCUT2D eigenvalue weighted by atomic mass is 32.1. The van der Waals surface area contributed by atoms with E-state index in [4.69, 9.17) is 15.9 Å². The molecule has 0 radical (unpaired) electrons. The van der Waals surface area contributed by atoms with E-state index in [1.165, 1.54) is 11.3 Å². The molecule has 3 N–H and O–H groups in total. The van der Waals surface area contributed by atoms with Crippen LogP contribution in [0.1, 0.15) is 24.4 Å². The van der Waals surface area contributed by atoms with E-state index in [0.717, 1.165) is 23.9 Å². The van der Waals surface area contributed by atoms with Crippen molar-refractivity contribution in [2.24, 2.45) is 5.73 Å². The van der Waals surface area contributed by atoms with Crippen molar-refractivity contribution < 1.29 is 4.74 Å². The van der Waals surface area contributed by atoms with Crippen molar-refractivity contribution >= 4 is 22.3 Å². The van der Waals surface area contributed by atoms with Crippen LogP contribution in [0.5, 0.6) is 0 Å². The second kappa shape index (κ2) is 5.81. The molecule has 0 saturated heterocycles. The minimum atomic E-state index is 0.0583. The van der Waals surface area contributed by atoms with Gasteiger partial charge in [0.05, 0.1) is 17.2 Å². The maximum atomic E-state index is 7.50. The Morgan fingerprint density at radius 2 is 2.12 bits per heavy atom. The molecule has 0 atom stereocenters. The molecule has 0 amide bonds. The molecule has 1 rings (SSSR count). The molecule has 5 nitrogen and oxygen atoms in total. The van der Waals surface area contributed by atoms with Crippen molar-refractivity contribution in [3.05, 3.63) is 10.6 Å². The number of nitrogens with one attached hydrogen (secondary N) is 1. The first-order valence-electron chi connectivity index (χ1n) is 5.21. The zero-order valence-corrected chi connectivity index (χ0v) is 10.7. The largest absolute Gasteiger partial charge is 0.383 e. The van der Waals surface area contributed by atoms with E-state index in [2.05, 4.69) is 23.7 Å². The molecule has 0 saturated carbocycles. The normalized spacial score (nSPS) is 10.4. The Morgan fingerprint density at radius 3 is 2.56 bits per heavy atom. The van der Waals surface area contributed by atoms with Gasteiger partial charge >= 0.3 is 0 Å². The Balaban J connectivity index is 3.04. The van der Waals surface area contributed by atoms with Crippen molar-refractivity contribution in [2.45, 2.75) is 20.5 Å². The van der Waals surface area contributed by atoms with Crippen molar-refractivity contribution in [3.63, 3.8) is 0 Å². The molecular weight excluding hydrogens is 224 g/mol.